The van der Waals surface area contributed by atoms with Gasteiger partial charge in [-0.25, -0.2) is 0 Å². The first kappa shape index (κ1) is 20.2. The van der Waals surface area contributed by atoms with Crippen molar-refractivity contribution in [3.63, 3.8) is 0 Å². The third-order valence-corrected chi connectivity index (χ3v) is 8.10. The average molecular weight is 435 g/mol. The molecule has 3 atom stereocenters. The lowest BCUT2D eigenvalue weighted by atomic mass is 9.92. The van der Waals surface area contributed by atoms with Crippen LogP contribution in [-0.2, 0) is 0 Å². The number of aromatic nitrogens is 1. The van der Waals surface area contributed by atoms with Gasteiger partial charge in [0.1, 0.15) is 17.4 Å². The number of fused-ring (bicyclic) bond motifs is 1. The molecule has 170 valence electrons. The number of hydrogen-bond donors (Lipinski definition) is 1. The molecule has 5 aliphatic rings. The molecular weight excluding hydrogens is 400 g/mol. The van der Waals surface area contributed by atoms with E-state index in [0.717, 1.165) is 56.3 Å². The van der Waals surface area contributed by atoms with E-state index in [1.165, 1.54) is 25.1 Å². The second kappa shape index (κ2) is 7.89. The maximum absolute atomic E-state index is 5.58. The third kappa shape index (κ3) is 3.42. The summed E-state index contributed by atoms with van der Waals surface area (Å²) >= 11 is 0. The molecule has 1 aliphatic carbocycles. The van der Waals surface area contributed by atoms with Crippen LogP contribution in [0.5, 0.6) is 5.75 Å². The van der Waals surface area contributed by atoms with Crippen molar-refractivity contribution in [3.8, 4) is 5.75 Å². The van der Waals surface area contributed by atoms with Crippen molar-refractivity contribution in [1.82, 2.24) is 25.0 Å². The van der Waals surface area contributed by atoms with Crippen LogP contribution in [0, 0.1) is 0 Å². The number of ether oxygens (including phenoxy) is 1. The number of nitrogens with one attached hydrogen (secondary N) is 1. The van der Waals surface area contributed by atoms with Crippen LogP contribution in [0.2, 0.25) is 0 Å². The molecule has 1 aromatic rings. The quantitative estimate of drug-likeness (QED) is 0.786. The molecule has 32 heavy (non-hydrogen) atoms. The fourth-order valence-corrected chi connectivity index (χ4v) is 5.97. The van der Waals surface area contributed by atoms with Crippen LogP contribution in [-0.4, -0.2) is 83.5 Å². The molecule has 7 nitrogen and oxygen atoms in total. The van der Waals surface area contributed by atoms with Crippen molar-refractivity contribution in [2.45, 2.75) is 55.8 Å². The Morgan fingerprint density at radius 2 is 2.12 bits per heavy atom. The Morgan fingerprint density at radius 3 is 2.97 bits per heavy atom. The van der Waals surface area contributed by atoms with E-state index in [2.05, 4.69) is 50.3 Å². The molecule has 6 rings (SSSR count). The maximum Gasteiger partial charge on any atom is 0.141 e. The predicted molar refractivity (Wildman–Crippen MR) is 126 cm³/mol. The summed E-state index contributed by atoms with van der Waals surface area (Å²) in [6, 6.07) is 4.79. The highest BCUT2D eigenvalue weighted by atomic mass is 16.5. The number of amidine groups is 1. The number of hydrogen-bond acceptors (Lipinski definition) is 7. The van der Waals surface area contributed by atoms with Crippen molar-refractivity contribution in [2.75, 3.05) is 40.3 Å². The average Bonchev–Trinajstić information content (AvgIpc) is 3.47. The van der Waals surface area contributed by atoms with Gasteiger partial charge in [-0.1, -0.05) is 6.08 Å². The van der Waals surface area contributed by atoms with Gasteiger partial charge >= 0.3 is 0 Å². The van der Waals surface area contributed by atoms with Crippen LogP contribution in [0.1, 0.15) is 43.8 Å². The molecule has 4 aliphatic heterocycles. The summed E-state index contributed by atoms with van der Waals surface area (Å²) in [5, 5.41) is 3.88. The van der Waals surface area contributed by atoms with Gasteiger partial charge in [0.05, 0.1) is 24.9 Å². The smallest absolute Gasteiger partial charge is 0.141 e. The summed E-state index contributed by atoms with van der Waals surface area (Å²) in [5.41, 5.74) is 1.44. The highest BCUT2D eigenvalue weighted by molar-refractivity contribution is 5.97. The van der Waals surface area contributed by atoms with Gasteiger partial charge in [-0.15, -0.1) is 0 Å². The number of nitrogens with zero attached hydrogens (tertiary/aromatic N) is 5. The number of likely N-dealkylation sites (N-methyl/N-ethyl adjacent to an activating group) is 1. The van der Waals surface area contributed by atoms with Gasteiger partial charge in [0.25, 0.3) is 0 Å². The van der Waals surface area contributed by atoms with Crippen molar-refractivity contribution < 1.29 is 4.74 Å². The second-order valence-corrected chi connectivity index (χ2v) is 9.96. The van der Waals surface area contributed by atoms with Gasteiger partial charge in [0, 0.05) is 44.0 Å². The van der Waals surface area contributed by atoms with Gasteiger partial charge in [-0.2, -0.15) is 0 Å². The fourth-order valence-electron chi connectivity index (χ4n) is 5.97. The van der Waals surface area contributed by atoms with Crippen LogP contribution in [0.3, 0.4) is 0 Å². The third-order valence-electron chi connectivity index (χ3n) is 8.10. The number of pyridine rings is 1. The van der Waals surface area contributed by atoms with Crippen LogP contribution < -0.4 is 10.1 Å². The summed E-state index contributed by atoms with van der Waals surface area (Å²) in [5.74, 6) is 3.33. The van der Waals surface area contributed by atoms with E-state index in [1.807, 2.05) is 18.3 Å². The molecule has 1 aromatic heterocycles. The lowest BCUT2D eigenvalue weighted by molar-refractivity contribution is 0.0871. The summed E-state index contributed by atoms with van der Waals surface area (Å²) in [6.45, 7) is 4.33. The number of rotatable bonds is 4. The van der Waals surface area contributed by atoms with Crippen LogP contribution in [0.4, 0.5) is 0 Å². The zero-order valence-corrected chi connectivity index (χ0v) is 19.2. The summed E-state index contributed by atoms with van der Waals surface area (Å²) in [6.07, 6.45) is 14.6. The summed E-state index contributed by atoms with van der Waals surface area (Å²) in [4.78, 5) is 17.5. The molecular formula is C25H34N6O. The van der Waals surface area contributed by atoms with Gasteiger partial charge in [0.2, 0.25) is 0 Å². The molecule has 5 heterocycles. The molecule has 1 N–H and O–H groups in total. The minimum absolute atomic E-state index is 0.223. The molecule has 0 bridgehead atoms. The lowest BCUT2D eigenvalue weighted by Gasteiger charge is -2.44. The van der Waals surface area contributed by atoms with Gasteiger partial charge < -0.3 is 19.9 Å². The van der Waals surface area contributed by atoms with E-state index >= 15 is 0 Å². The predicted octanol–water partition coefficient (Wildman–Crippen LogP) is 2.55. The number of aliphatic imine (C=N–C) groups is 1. The van der Waals surface area contributed by atoms with E-state index in [4.69, 9.17) is 9.73 Å². The Balaban J connectivity index is 1.17. The van der Waals surface area contributed by atoms with E-state index in [0.29, 0.717) is 11.6 Å². The Morgan fingerprint density at radius 1 is 1.22 bits per heavy atom. The standard InChI is InChI=1S/C25H34N6O/c1-29-14-15-30(17-25(29)11-12-25)23-10-4-9-22-28-20(16-31(22)23)18-6-3-7-19(27-18)24-21(32-2)8-5-13-26-24/h4-5,8-10,13,18-20,27H,3,6-7,11-12,14-17H2,1-2H3/t18-,19+,20?/m1/s1. The number of piperazine rings is 1. The van der Waals surface area contributed by atoms with E-state index in [9.17, 15) is 0 Å². The van der Waals surface area contributed by atoms with Crippen LogP contribution in [0.15, 0.2) is 47.4 Å². The fraction of sp³-hybridized carbons (Fsp3) is 0.600. The Bertz CT molecular complexity index is 967. The van der Waals surface area contributed by atoms with Crippen molar-refractivity contribution in [1.29, 1.82) is 0 Å². The largest absolute Gasteiger partial charge is 0.495 e. The molecule has 1 saturated carbocycles. The molecule has 2 saturated heterocycles. The molecule has 0 radical (unpaired) electrons. The normalized spacial score (nSPS) is 31.4. The molecule has 7 heteroatoms. The first-order valence-corrected chi connectivity index (χ1v) is 12.1. The number of piperidine rings is 1. The van der Waals surface area contributed by atoms with E-state index < -0.39 is 0 Å². The second-order valence-electron chi connectivity index (χ2n) is 9.96. The highest BCUT2D eigenvalue weighted by Crippen LogP contribution is 2.44. The van der Waals surface area contributed by atoms with E-state index in [-0.39, 0.29) is 12.1 Å². The Hall–Kier alpha value is -2.38. The SMILES string of the molecule is COc1cccnc1[C@@H]1CCC[C@H](C2CN3C(N4CCN(C)C5(CC5)C4)=CC=CC3=N2)N1. The molecule has 0 amide bonds. The zero-order chi connectivity index (χ0) is 21.7. The molecule has 1 spiro atoms. The first-order chi connectivity index (χ1) is 15.7. The minimum Gasteiger partial charge on any atom is -0.495 e. The van der Waals surface area contributed by atoms with Gasteiger partial charge in [0.15, 0.2) is 0 Å². The molecule has 1 unspecified atom stereocenters. The lowest BCUT2D eigenvalue weighted by Crippen LogP contribution is -2.55. The number of allylic oxidation sites excluding steroid dienone is 2. The molecule has 3 fully saturated rings. The number of methoxy groups -OCH3 is 1. The Kier molecular flexibility index (Phi) is 4.99. The van der Waals surface area contributed by atoms with Crippen LogP contribution >= 0.6 is 0 Å². The maximum atomic E-state index is 5.58. The van der Waals surface area contributed by atoms with Crippen molar-refractivity contribution in [3.05, 3.63) is 48.1 Å². The van der Waals surface area contributed by atoms with Crippen molar-refractivity contribution in [2.24, 2.45) is 4.99 Å². The first-order valence-electron chi connectivity index (χ1n) is 12.1. The van der Waals surface area contributed by atoms with Crippen LogP contribution in [0.25, 0.3) is 0 Å². The van der Waals surface area contributed by atoms with E-state index in [1.54, 1.807) is 7.11 Å². The topological polar surface area (TPSA) is 56.2 Å². The summed E-state index contributed by atoms with van der Waals surface area (Å²) < 4.78 is 5.58. The minimum atomic E-state index is 0.223. The Labute approximate surface area is 190 Å². The van der Waals surface area contributed by atoms with Gasteiger partial charge in [-0.3, -0.25) is 14.9 Å². The highest BCUT2D eigenvalue weighted by Gasteiger charge is 2.50. The monoisotopic (exact) mass is 434 g/mol. The summed E-state index contributed by atoms with van der Waals surface area (Å²) in [7, 11) is 4.02. The zero-order valence-electron chi connectivity index (χ0n) is 19.2. The van der Waals surface area contributed by atoms with Crippen molar-refractivity contribution >= 4 is 5.84 Å². The molecule has 0 aromatic carbocycles. The van der Waals surface area contributed by atoms with Gasteiger partial charge in [-0.05, 0) is 63.4 Å².